The van der Waals surface area contributed by atoms with E-state index < -0.39 is 0 Å². The van der Waals surface area contributed by atoms with E-state index in [1.807, 2.05) is 6.92 Å². The fourth-order valence-electron chi connectivity index (χ4n) is 2.98. The van der Waals surface area contributed by atoms with Crippen molar-refractivity contribution < 1.29 is 14.3 Å². The Bertz CT molecular complexity index is 483. The number of hydrogen-bond acceptors (Lipinski definition) is 4. The van der Waals surface area contributed by atoms with Crippen LogP contribution in [0.15, 0.2) is 4.99 Å². The van der Waals surface area contributed by atoms with Crippen molar-refractivity contribution in [2.24, 2.45) is 16.8 Å². The third kappa shape index (κ3) is 6.99. The number of esters is 1. The number of carbonyl (C=O) groups excluding carboxylic acids is 2. The number of nitrogens with zero attached hydrogens (tertiary/aromatic N) is 2. The van der Waals surface area contributed by atoms with Gasteiger partial charge in [0.25, 0.3) is 0 Å². The summed E-state index contributed by atoms with van der Waals surface area (Å²) >= 11 is 0. The van der Waals surface area contributed by atoms with Crippen LogP contribution in [0.5, 0.6) is 0 Å². The van der Waals surface area contributed by atoms with Crippen LogP contribution in [0.3, 0.4) is 0 Å². The summed E-state index contributed by atoms with van der Waals surface area (Å²) in [6.07, 6.45) is 3.48. The van der Waals surface area contributed by atoms with E-state index in [1.54, 1.807) is 0 Å². The van der Waals surface area contributed by atoms with Crippen molar-refractivity contribution in [2.45, 2.75) is 45.6 Å². The van der Waals surface area contributed by atoms with Gasteiger partial charge in [0.2, 0.25) is 5.91 Å². The van der Waals surface area contributed by atoms with Gasteiger partial charge >= 0.3 is 5.97 Å². The Morgan fingerprint density at radius 2 is 2.00 bits per heavy atom. The van der Waals surface area contributed by atoms with E-state index >= 15 is 0 Å². The molecular formula is C17H31IN4O3. The predicted octanol–water partition coefficient (Wildman–Crippen LogP) is 1.37. The summed E-state index contributed by atoms with van der Waals surface area (Å²) in [6, 6.07) is 0.416. The van der Waals surface area contributed by atoms with Crippen LogP contribution >= 0.6 is 24.0 Å². The van der Waals surface area contributed by atoms with Gasteiger partial charge in [0, 0.05) is 38.6 Å². The summed E-state index contributed by atoms with van der Waals surface area (Å²) in [5.74, 6) is 0.919. The summed E-state index contributed by atoms with van der Waals surface area (Å²) < 4.78 is 4.88. The molecule has 1 heterocycles. The van der Waals surface area contributed by atoms with Gasteiger partial charge in [0.1, 0.15) is 0 Å². The lowest BCUT2D eigenvalue weighted by Crippen LogP contribution is -2.40. The first kappa shape index (κ1) is 22.0. The number of rotatable bonds is 7. The molecule has 1 saturated heterocycles. The Morgan fingerprint density at radius 1 is 1.28 bits per heavy atom. The van der Waals surface area contributed by atoms with E-state index in [2.05, 4.69) is 27.4 Å². The van der Waals surface area contributed by atoms with E-state index in [1.165, 1.54) is 7.11 Å². The summed E-state index contributed by atoms with van der Waals surface area (Å²) in [6.45, 7) is 6.88. The molecule has 2 fully saturated rings. The van der Waals surface area contributed by atoms with Gasteiger partial charge in [-0.2, -0.15) is 0 Å². The van der Waals surface area contributed by atoms with Crippen LogP contribution in [0, 0.1) is 11.8 Å². The van der Waals surface area contributed by atoms with Crippen molar-refractivity contribution in [3.8, 4) is 0 Å². The van der Waals surface area contributed by atoms with E-state index in [4.69, 9.17) is 4.74 Å². The maximum Gasteiger partial charge on any atom is 0.310 e. The van der Waals surface area contributed by atoms with Crippen LogP contribution in [0.1, 0.15) is 39.5 Å². The first-order chi connectivity index (χ1) is 11.5. The molecule has 2 atom stereocenters. The van der Waals surface area contributed by atoms with Crippen molar-refractivity contribution >= 4 is 41.8 Å². The smallest absolute Gasteiger partial charge is 0.310 e. The highest BCUT2D eigenvalue weighted by Gasteiger charge is 2.36. The Labute approximate surface area is 167 Å². The van der Waals surface area contributed by atoms with Crippen molar-refractivity contribution in [3.05, 3.63) is 0 Å². The maximum atomic E-state index is 11.8. The zero-order valence-electron chi connectivity index (χ0n) is 15.4. The van der Waals surface area contributed by atoms with Gasteiger partial charge in [-0.25, -0.2) is 0 Å². The normalized spacial score (nSPS) is 23.0. The molecule has 2 unspecified atom stereocenters. The fourth-order valence-corrected chi connectivity index (χ4v) is 2.98. The van der Waals surface area contributed by atoms with Crippen LogP contribution < -0.4 is 10.6 Å². The third-order valence-corrected chi connectivity index (χ3v) is 4.52. The van der Waals surface area contributed by atoms with Crippen LogP contribution in [-0.2, 0) is 14.3 Å². The number of ether oxygens (including phenoxy) is 1. The topological polar surface area (TPSA) is 83.0 Å². The molecule has 0 aromatic heterocycles. The largest absolute Gasteiger partial charge is 0.469 e. The van der Waals surface area contributed by atoms with Gasteiger partial charge in [0.15, 0.2) is 5.96 Å². The second kappa shape index (κ2) is 10.8. The first-order valence-corrected chi connectivity index (χ1v) is 8.95. The Hall–Kier alpha value is -1.06. The molecule has 1 saturated carbocycles. The predicted molar refractivity (Wildman–Crippen MR) is 108 cm³/mol. The van der Waals surface area contributed by atoms with Crippen LogP contribution in [0.4, 0.5) is 0 Å². The molecule has 2 N–H and O–H groups in total. The molecule has 1 amide bonds. The van der Waals surface area contributed by atoms with E-state index in [0.29, 0.717) is 25.6 Å². The Morgan fingerprint density at radius 3 is 2.60 bits per heavy atom. The average Bonchev–Trinajstić information content (AvgIpc) is 3.29. The number of likely N-dealkylation sites (tertiary alicyclic amines) is 1. The first-order valence-electron chi connectivity index (χ1n) is 8.95. The van der Waals surface area contributed by atoms with E-state index in [0.717, 1.165) is 38.3 Å². The molecule has 8 heteroatoms. The zero-order valence-corrected chi connectivity index (χ0v) is 17.7. The number of halogens is 1. The molecule has 1 aliphatic heterocycles. The van der Waals surface area contributed by atoms with Crippen molar-refractivity contribution in [1.82, 2.24) is 15.5 Å². The quantitative estimate of drug-likeness (QED) is 0.195. The molecule has 2 aliphatic rings. The minimum Gasteiger partial charge on any atom is -0.469 e. The minimum absolute atomic E-state index is 0. The standard InChI is InChI=1S/C17H30N4O3.HI/c1-4-18-17(19-9-5-6-15(22)20-13-7-8-13)21-10-12(2)14(11-21)16(23)24-3;/h12-14H,4-11H2,1-3H3,(H,18,19)(H,20,22);1H. The van der Waals surface area contributed by atoms with Crippen LogP contribution in [0.25, 0.3) is 0 Å². The van der Waals surface area contributed by atoms with Gasteiger partial charge in [-0.1, -0.05) is 6.92 Å². The summed E-state index contributed by atoms with van der Waals surface area (Å²) in [7, 11) is 1.43. The highest BCUT2D eigenvalue weighted by atomic mass is 127. The zero-order chi connectivity index (χ0) is 17.5. The van der Waals surface area contributed by atoms with Gasteiger partial charge in [0.05, 0.1) is 13.0 Å². The summed E-state index contributed by atoms with van der Waals surface area (Å²) in [5, 5.41) is 6.26. The average molecular weight is 466 g/mol. The molecule has 25 heavy (non-hydrogen) atoms. The lowest BCUT2D eigenvalue weighted by molar-refractivity contribution is -0.146. The molecule has 7 nitrogen and oxygen atoms in total. The van der Waals surface area contributed by atoms with Crippen LogP contribution in [0.2, 0.25) is 0 Å². The third-order valence-electron chi connectivity index (χ3n) is 4.52. The fraction of sp³-hybridized carbons (Fsp3) is 0.824. The molecule has 0 aromatic carbocycles. The highest BCUT2D eigenvalue weighted by Crippen LogP contribution is 2.24. The van der Waals surface area contributed by atoms with Gasteiger partial charge in [-0.15, -0.1) is 24.0 Å². The molecule has 144 valence electrons. The van der Waals surface area contributed by atoms with E-state index in [9.17, 15) is 9.59 Å². The number of aliphatic imine (C=N–C) groups is 1. The SMILES string of the molecule is CCNC(=NCCCC(=O)NC1CC1)N1CC(C)C(C(=O)OC)C1.I. The molecular weight excluding hydrogens is 435 g/mol. The highest BCUT2D eigenvalue weighted by molar-refractivity contribution is 14.0. The number of guanidine groups is 1. The maximum absolute atomic E-state index is 11.8. The second-order valence-electron chi connectivity index (χ2n) is 6.69. The molecule has 1 aliphatic carbocycles. The molecule has 0 bridgehead atoms. The number of carbonyl (C=O) groups is 2. The molecule has 2 rings (SSSR count). The Kier molecular flexibility index (Phi) is 9.52. The molecule has 0 radical (unpaired) electrons. The lowest BCUT2D eigenvalue weighted by atomic mass is 9.99. The monoisotopic (exact) mass is 466 g/mol. The second-order valence-corrected chi connectivity index (χ2v) is 6.69. The Balaban J connectivity index is 0.00000312. The van der Waals surface area contributed by atoms with Crippen LogP contribution in [-0.4, -0.2) is 62.1 Å². The van der Waals surface area contributed by atoms with Crippen molar-refractivity contribution in [3.63, 3.8) is 0 Å². The van der Waals surface area contributed by atoms with E-state index in [-0.39, 0.29) is 47.7 Å². The molecule has 0 aromatic rings. The van der Waals surface area contributed by atoms with Gasteiger partial charge in [-0.3, -0.25) is 14.6 Å². The molecule has 0 spiro atoms. The number of nitrogens with one attached hydrogen (secondary N) is 2. The van der Waals surface area contributed by atoms with Gasteiger partial charge < -0.3 is 20.3 Å². The van der Waals surface area contributed by atoms with Gasteiger partial charge in [-0.05, 0) is 32.1 Å². The van der Waals surface area contributed by atoms with Crippen molar-refractivity contribution in [1.29, 1.82) is 0 Å². The number of methoxy groups -OCH3 is 1. The summed E-state index contributed by atoms with van der Waals surface area (Å²) in [5.41, 5.74) is 0. The minimum atomic E-state index is -0.155. The lowest BCUT2D eigenvalue weighted by Gasteiger charge is -2.21. The number of amides is 1. The van der Waals surface area contributed by atoms with Crippen molar-refractivity contribution in [2.75, 3.05) is 33.3 Å². The number of hydrogen-bond donors (Lipinski definition) is 2. The summed E-state index contributed by atoms with van der Waals surface area (Å²) in [4.78, 5) is 30.2.